The van der Waals surface area contributed by atoms with Crippen LogP contribution in [0.25, 0.3) is 0 Å². The normalized spacial score (nSPS) is 24.1. The van der Waals surface area contributed by atoms with E-state index in [0.717, 1.165) is 12.8 Å². The first-order valence-corrected chi connectivity index (χ1v) is 4.70. The van der Waals surface area contributed by atoms with E-state index in [1.807, 2.05) is 12.3 Å². The van der Waals surface area contributed by atoms with Crippen LogP contribution in [0.15, 0.2) is 23.1 Å². The van der Waals surface area contributed by atoms with Crippen molar-refractivity contribution in [3.8, 4) is 0 Å². The van der Waals surface area contributed by atoms with Crippen molar-refractivity contribution in [2.75, 3.05) is 5.73 Å². The van der Waals surface area contributed by atoms with Crippen LogP contribution in [0.3, 0.4) is 0 Å². The van der Waals surface area contributed by atoms with E-state index in [-0.39, 0.29) is 18.0 Å². The van der Waals surface area contributed by atoms with Crippen LogP contribution in [0.4, 0.5) is 5.69 Å². The predicted molar refractivity (Wildman–Crippen MR) is 59.8 cm³/mol. The average Bonchev–Trinajstić information content (AvgIpc) is 2.89. The Hall–Kier alpha value is -0.960. The van der Waals surface area contributed by atoms with Crippen LogP contribution in [0.5, 0.6) is 0 Å². The van der Waals surface area contributed by atoms with Gasteiger partial charge in [0.2, 0.25) is 0 Å². The number of pyridine rings is 1. The van der Waals surface area contributed by atoms with Crippen molar-refractivity contribution in [2.24, 2.45) is 5.92 Å². The molecule has 0 saturated heterocycles. The van der Waals surface area contributed by atoms with Gasteiger partial charge in [-0.1, -0.05) is 13.3 Å². The first kappa shape index (κ1) is 11.1. The lowest BCUT2D eigenvalue weighted by Gasteiger charge is -2.04. The highest BCUT2D eigenvalue weighted by molar-refractivity contribution is 5.85. The molecular weight excluding hydrogens is 200 g/mol. The molecule has 0 aliphatic heterocycles. The van der Waals surface area contributed by atoms with Gasteiger partial charge in [-0.3, -0.25) is 4.79 Å². The molecule has 1 heterocycles. The van der Waals surface area contributed by atoms with Gasteiger partial charge in [0.15, 0.2) is 0 Å². The molecule has 2 rings (SSSR count). The van der Waals surface area contributed by atoms with Gasteiger partial charge in [0.25, 0.3) is 5.56 Å². The van der Waals surface area contributed by atoms with Gasteiger partial charge < -0.3 is 10.3 Å². The number of nitrogens with two attached hydrogens (primary N) is 1. The molecule has 2 atom stereocenters. The molecule has 1 fully saturated rings. The number of halogens is 1. The molecule has 1 saturated carbocycles. The van der Waals surface area contributed by atoms with Gasteiger partial charge in [-0.05, 0) is 24.5 Å². The summed E-state index contributed by atoms with van der Waals surface area (Å²) >= 11 is 0. The number of nitrogen functional groups attached to an aromatic ring is 1. The van der Waals surface area contributed by atoms with E-state index in [4.69, 9.17) is 5.73 Å². The lowest BCUT2D eigenvalue weighted by molar-refractivity contribution is 0.623. The summed E-state index contributed by atoms with van der Waals surface area (Å²) < 4.78 is 1.77. The van der Waals surface area contributed by atoms with E-state index in [0.29, 0.717) is 17.6 Å². The largest absolute Gasteiger partial charge is 0.394 e. The Morgan fingerprint density at radius 3 is 2.93 bits per heavy atom. The smallest absolute Gasteiger partial charge is 0.273 e. The minimum atomic E-state index is -0.0385. The number of anilines is 1. The van der Waals surface area contributed by atoms with Gasteiger partial charge in [0, 0.05) is 12.2 Å². The highest BCUT2D eigenvalue weighted by atomic mass is 35.5. The Bertz CT molecular complexity index is 375. The Kier molecular flexibility index (Phi) is 3.21. The van der Waals surface area contributed by atoms with Crippen LogP contribution < -0.4 is 11.3 Å². The molecule has 14 heavy (non-hydrogen) atoms. The van der Waals surface area contributed by atoms with Crippen molar-refractivity contribution in [3.63, 3.8) is 0 Å². The van der Waals surface area contributed by atoms with E-state index < -0.39 is 0 Å². The summed E-state index contributed by atoms with van der Waals surface area (Å²) in [6.07, 6.45) is 4.10. The number of nitrogens with zero attached hydrogens (tertiary/aromatic N) is 1. The van der Waals surface area contributed by atoms with Crippen molar-refractivity contribution in [2.45, 2.75) is 25.8 Å². The number of aromatic nitrogens is 1. The van der Waals surface area contributed by atoms with Crippen molar-refractivity contribution in [3.05, 3.63) is 28.7 Å². The molecule has 1 aliphatic rings. The Labute approximate surface area is 89.3 Å². The SMILES string of the molecule is CCC1CC1n1cccc(N)c1=O.Cl. The van der Waals surface area contributed by atoms with Crippen molar-refractivity contribution < 1.29 is 0 Å². The molecule has 0 amide bonds. The second kappa shape index (κ2) is 4.05. The van der Waals surface area contributed by atoms with Crippen molar-refractivity contribution in [1.82, 2.24) is 4.57 Å². The molecule has 3 nitrogen and oxygen atoms in total. The lowest BCUT2D eigenvalue weighted by Crippen LogP contribution is -2.21. The quantitative estimate of drug-likeness (QED) is 0.817. The summed E-state index contributed by atoms with van der Waals surface area (Å²) in [6, 6.07) is 3.89. The van der Waals surface area contributed by atoms with Crippen LogP contribution in [0, 0.1) is 5.92 Å². The van der Waals surface area contributed by atoms with E-state index >= 15 is 0 Å². The standard InChI is InChI=1S/C10H14N2O.ClH/c1-2-7-6-9(7)12-5-3-4-8(11)10(12)13;/h3-5,7,9H,2,6,11H2,1H3;1H. The molecule has 2 N–H and O–H groups in total. The molecule has 0 bridgehead atoms. The summed E-state index contributed by atoms with van der Waals surface area (Å²) in [4.78, 5) is 11.5. The predicted octanol–water partition coefficient (Wildman–Crippen LogP) is 1.82. The zero-order chi connectivity index (χ0) is 9.42. The zero-order valence-corrected chi connectivity index (χ0v) is 8.96. The highest BCUT2D eigenvalue weighted by Gasteiger charge is 2.37. The van der Waals surface area contributed by atoms with Gasteiger partial charge in [-0.15, -0.1) is 12.4 Å². The topological polar surface area (TPSA) is 48.0 Å². The monoisotopic (exact) mass is 214 g/mol. The fraction of sp³-hybridized carbons (Fsp3) is 0.500. The maximum absolute atomic E-state index is 11.5. The third-order valence-electron chi connectivity index (χ3n) is 2.77. The highest BCUT2D eigenvalue weighted by Crippen LogP contribution is 2.44. The first-order valence-electron chi connectivity index (χ1n) is 4.70. The van der Waals surface area contributed by atoms with E-state index in [9.17, 15) is 4.79 Å². The summed E-state index contributed by atoms with van der Waals surface area (Å²) in [5.74, 6) is 0.680. The summed E-state index contributed by atoms with van der Waals surface area (Å²) in [5, 5.41) is 0. The minimum absolute atomic E-state index is 0. The van der Waals surface area contributed by atoms with Crippen LogP contribution >= 0.6 is 12.4 Å². The maximum atomic E-state index is 11.5. The van der Waals surface area contributed by atoms with Crippen LogP contribution in [-0.2, 0) is 0 Å². The third kappa shape index (κ3) is 1.77. The van der Waals surface area contributed by atoms with E-state index in [2.05, 4.69) is 6.92 Å². The second-order valence-corrected chi connectivity index (χ2v) is 3.65. The lowest BCUT2D eigenvalue weighted by atomic mass is 10.3. The van der Waals surface area contributed by atoms with Gasteiger partial charge in [0.1, 0.15) is 0 Å². The number of hydrogen-bond donors (Lipinski definition) is 1. The molecule has 78 valence electrons. The molecule has 1 aromatic rings. The molecule has 0 spiro atoms. The molecule has 1 aliphatic carbocycles. The third-order valence-corrected chi connectivity index (χ3v) is 2.77. The molecular formula is C10H15ClN2O. The molecule has 4 heteroatoms. The van der Waals surface area contributed by atoms with Crippen LogP contribution in [0.2, 0.25) is 0 Å². The van der Waals surface area contributed by atoms with Gasteiger partial charge in [-0.25, -0.2) is 0 Å². The van der Waals surface area contributed by atoms with Gasteiger partial charge in [-0.2, -0.15) is 0 Å². The van der Waals surface area contributed by atoms with E-state index in [1.54, 1.807) is 10.6 Å². The summed E-state index contributed by atoms with van der Waals surface area (Å²) in [5.41, 5.74) is 5.85. The van der Waals surface area contributed by atoms with Crippen LogP contribution in [-0.4, -0.2) is 4.57 Å². The summed E-state index contributed by atoms with van der Waals surface area (Å²) in [7, 11) is 0. The minimum Gasteiger partial charge on any atom is -0.394 e. The fourth-order valence-electron chi connectivity index (χ4n) is 1.80. The fourth-order valence-corrected chi connectivity index (χ4v) is 1.80. The first-order chi connectivity index (χ1) is 6.24. The Balaban J connectivity index is 0.000000980. The van der Waals surface area contributed by atoms with Crippen molar-refractivity contribution in [1.29, 1.82) is 0 Å². The number of rotatable bonds is 2. The molecule has 0 aromatic carbocycles. The molecule has 2 unspecified atom stereocenters. The van der Waals surface area contributed by atoms with E-state index in [1.165, 1.54) is 0 Å². The van der Waals surface area contributed by atoms with Crippen LogP contribution in [0.1, 0.15) is 25.8 Å². The van der Waals surface area contributed by atoms with Gasteiger partial charge in [0.05, 0.1) is 5.69 Å². The Morgan fingerprint density at radius 2 is 2.36 bits per heavy atom. The van der Waals surface area contributed by atoms with Crippen molar-refractivity contribution >= 4 is 18.1 Å². The molecule has 1 aromatic heterocycles. The average molecular weight is 215 g/mol. The maximum Gasteiger partial charge on any atom is 0.273 e. The number of hydrogen-bond acceptors (Lipinski definition) is 2. The zero-order valence-electron chi connectivity index (χ0n) is 8.14. The second-order valence-electron chi connectivity index (χ2n) is 3.65. The summed E-state index contributed by atoms with van der Waals surface area (Å²) in [6.45, 7) is 2.15. The van der Waals surface area contributed by atoms with Gasteiger partial charge >= 0.3 is 0 Å². The molecule has 0 radical (unpaired) electrons. The Morgan fingerprint density at radius 1 is 1.64 bits per heavy atom.